The van der Waals surface area contributed by atoms with Gasteiger partial charge < -0.3 is 20.3 Å². The van der Waals surface area contributed by atoms with Crippen molar-refractivity contribution >= 4 is 0 Å². The minimum atomic E-state index is -0.513. The second-order valence-electron chi connectivity index (χ2n) is 7.15. The summed E-state index contributed by atoms with van der Waals surface area (Å²) < 4.78 is 11.4. The van der Waals surface area contributed by atoms with E-state index in [0.717, 1.165) is 55.6 Å². The third kappa shape index (κ3) is 6.89. The number of aliphatic hydroxyl groups excluding tert-OH is 1. The van der Waals surface area contributed by atoms with E-state index >= 15 is 0 Å². The minimum absolute atomic E-state index is 0.00477. The van der Waals surface area contributed by atoms with Crippen LogP contribution in [0.4, 0.5) is 0 Å². The quantitative estimate of drug-likeness (QED) is 0.551. The first-order valence-corrected chi connectivity index (χ1v) is 9.83. The fourth-order valence-electron chi connectivity index (χ4n) is 3.01. The summed E-state index contributed by atoms with van der Waals surface area (Å²) in [4.78, 5) is 0. The van der Waals surface area contributed by atoms with Crippen molar-refractivity contribution in [3.63, 3.8) is 0 Å². The van der Waals surface area contributed by atoms with Gasteiger partial charge in [-0.3, -0.25) is 0 Å². The molecule has 1 atom stereocenters. The highest BCUT2D eigenvalue weighted by atomic mass is 16.5. The number of aryl methyl sites for hydroxylation is 2. The van der Waals surface area contributed by atoms with Gasteiger partial charge in [-0.15, -0.1) is 0 Å². The van der Waals surface area contributed by atoms with E-state index in [-0.39, 0.29) is 6.61 Å². The Kier molecular flexibility index (Phi) is 8.62. The molecule has 0 radical (unpaired) electrons. The van der Waals surface area contributed by atoms with E-state index < -0.39 is 5.54 Å². The number of hydrogen-bond acceptors (Lipinski definition) is 4. The number of ether oxygens (including phenoxy) is 2. The molecule has 148 valence electrons. The van der Waals surface area contributed by atoms with Gasteiger partial charge in [-0.05, 0) is 61.8 Å². The van der Waals surface area contributed by atoms with Crippen LogP contribution >= 0.6 is 0 Å². The molecule has 4 nitrogen and oxygen atoms in total. The molecule has 2 aromatic carbocycles. The molecular weight excluding hydrogens is 338 g/mol. The molecule has 2 aromatic rings. The van der Waals surface area contributed by atoms with Gasteiger partial charge >= 0.3 is 0 Å². The molecular formula is C23H33NO3. The van der Waals surface area contributed by atoms with Crippen molar-refractivity contribution in [1.82, 2.24) is 0 Å². The molecule has 0 fully saturated rings. The highest BCUT2D eigenvalue weighted by Crippen LogP contribution is 2.29. The van der Waals surface area contributed by atoms with Gasteiger partial charge in [0.1, 0.15) is 0 Å². The zero-order chi connectivity index (χ0) is 19.5. The Morgan fingerprint density at radius 2 is 1.74 bits per heavy atom. The van der Waals surface area contributed by atoms with Crippen LogP contribution in [-0.4, -0.2) is 31.0 Å². The van der Waals surface area contributed by atoms with Crippen LogP contribution in [-0.2, 0) is 12.8 Å². The summed E-state index contributed by atoms with van der Waals surface area (Å²) in [7, 11) is 1.66. The summed E-state index contributed by atoms with van der Waals surface area (Å²) >= 11 is 0. The van der Waals surface area contributed by atoms with Crippen LogP contribution in [0.25, 0.3) is 0 Å². The van der Waals surface area contributed by atoms with Crippen molar-refractivity contribution in [2.75, 3.05) is 20.3 Å². The number of unbranched alkanes of at least 4 members (excludes halogenated alkanes) is 1. The molecule has 0 heterocycles. The van der Waals surface area contributed by atoms with Crippen LogP contribution < -0.4 is 15.2 Å². The maximum atomic E-state index is 9.45. The Bertz CT molecular complexity index is 669. The monoisotopic (exact) mass is 371 g/mol. The van der Waals surface area contributed by atoms with Crippen LogP contribution in [0.2, 0.25) is 0 Å². The Balaban J connectivity index is 1.81. The molecule has 0 aliphatic carbocycles. The van der Waals surface area contributed by atoms with Crippen molar-refractivity contribution in [2.24, 2.45) is 5.73 Å². The van der Waals surface area contributed by atoms with Crippen molar-refractivity contribution in [3.05, 3.63) is 59.7 Å². The van der Waals surface area contributed by atoms with E-state index in [1.54, 1.807) is 7.11 Å². The first-order chi connectivity index (χ1) is 13.1. The van der Waals surface area contributed by atoms with E-state index in [1.165, 1.54) is 5.56 Å². The average Bonchev–Trinajstić information content (AvgIpc) is 2.73. The smallest absolute Gasteiger partial charge is 0.161 e. The normalized spacial score (nSPS) is 13.2. The van der Waals surface area contributed by atoms with Gasteiger partial charge in [0.05, 0.1) is 20.3 Å². The lowest BCUT2D eigenvalue weighted by molar-refractivity contribution is 0.183. The lowest BCUT2D eigenvalue weighted by atomic mass is 9.90. The lowest BCUT2D eigenvalue weighted by Crippen LogP contribution is -2.43. The van der Waals surface area contributed by atoms with Gasteiger partial charge in [0.25, 0.3) is 0 Å². The van der Waals surface area contributed by atoms with Gasteiger partial charge in [0, 0.05) is 5.54 Å². The van der Waals surface area contributed by atoms with E-state index in [0.29, 0.717) is 6.61 Å². The highest BCUT2D eigenvalue weighted by Gasteiger charge is 2.21. The Morgan fingerprint density at radius 3 is 2.41 bits per heavy atom. The molecule has 27 heavy (non-hydrogen) atoms. The zero-order valence-corrected chi connectivity index (χ0v) is 16.6. The third-order valence-corrected chi connectivity index (χ3v) is 5.12. The number of benzene rings is 2. The van der Waals surface area contributed by atoms with E-state index in [4.69, 9.17) is 15.2 Å². The van der Waals surface area contributed by atoms with Gasteiger partial charge in [-0.2, -0.15) is 0 Å². The second-order valence-corrected chi connectivity index (χ2v) is 7.15. The standard InChI is InChI=1S/C23H33NO3/c1-3-23(24,18-25)15-14-20-12-13-21(22(17-20)26-2)27-16-8-7-11-19-9-5-4-6-10-19/h4-6,9-10,12-13,17,25H,3,7-8,11,14-16,18,24H2,1-2H3/t23-/m1/s1. The van der Waals surface area contributed by atoms with Crippen molar-refractivity contribution in [2.45, 2.75) is 51.0 Å². The SMILES string of the molecule is CC[C@](N)(CO)CCc1ccc(OCCCCc2ccccc2)c(OC)c1. The molecule has 0 spiro atoms. The van der Waals surface area contributed by atoms with Crippen molar-refractivity contribution < 1.29 is 14.6 Å². The van der Waals surface area contributed by atoms with Gasteiger partial charge in [0.15, 0.2) is 11.5 Å². The maximum absolute atomic E-state index is 9.45. The zero-order valence-electron chi connectivity index (χ0n) is 16.6. The summed E-state index contributed by atoms with van der Waals surface area (Å²) in [5, 5.41) is 9.45. The molecule has 0 amide bonds. The Labute approximate surface area is 163 Å². The lowest BCUT2D eigenvalue weighted by Gasteiger charge is -2.25. The van der Waals surface area contributed by atoms with Crippen LogP contribution in [0.15, 0.2) is 48.5 Å². The molecule has 2 rings (SSSR count). The maximum Gasteiger partial charge on any atom is 0.161 e. The molecule has 0 aliphatic heterocycles. The largest absolute Gasteiger partial charge is 0.493 e. The summed E-state index contributed by atoms with van der Waals surface area (Å²) in [6.45, 7) is 2.69. The summed E-state index contributed by atoms with van der Waals surface area (Å²) in [6, 6.07) is 16.5. The molecule has 0 aromatic heterocycles. The number of rotatable bonds is 12. The number of hydrogen-bond donors (Lipinski definition) is 2. The second kappa shape index (κ2) is 11.0. The fraction of sp³-hybridized carbons (Fsp3) is 0.478. The molecule has 4 heteroatoms. The Morgan fingerprint density at radius 1 is 0.963 bits per heavy atom. The number of nitrogens with two attached hydrogens (primary N) is 1. The molecule has 0 saturated heterocycles. The minimum Gasteiger partial charge on any atom is -0.493 e. The van der Waals surface area contributed by atoms with E-state index in [2.05, 4.69) is 30.3 Å². The highest BCUT2D eigenvalue weighted by molar-refractivity contribution is 5.43. The fourth-order valence-corrected chi connectivity index (χ4v) is 3.01. The first-order valence-electron chi connectivity index (χ1n) is 9.83. The van der Waals surface area contributed by atoms with Crippen LogP contribution in [0.3, 0.4) is 0 Å². The Hall–Kier alpha value is -2.04. The number of methoxy groups -OCH3 is 1. The predicted molar refractivity (Wildman–Crippen MR) is 110 cm³/mol. The summed E-state index contributed by atoms with van der Waals surface area (Å²) in [6.07, 6.45) is 5.47. The first kappa shape index (κ1) is 21.3. The van der Waals surface area contributed by atoms with E-state index in [9.17, 15) is 5.11 Å². The molecule has 0 aliphatic rings. The third-order valence-electron chi connectivity index (χ3n) is 5.12. The van der Waals surface area contributed by atoms with Gasteiger partial charge in [-0.25, -0.2) is 0 Å². The predicted octanol–water partition coefficient (Wildman–Crippen LogP) is 4.13. The van der Waals surface area contributed by atoms with Gasteiger partial charge in [0.2, 0.25) is 0 Å². The van der Waals surface area contributed by atoms with Crippen LogP contribution in [0.1, 0.15) is 43.7 Å². The van der Waals surface area contributed by atoms with Crippen molar-refractivity contribution in [3.8, 4) is 11.5 Å². The summed E-state index contributed by atoms with van der Waals surface area (Å²) in [5.41, 5.74) is 8.17. The van der Waals surface area contributed by atoms with Crippen LogP contribution in [0, 0.1) is 0 Å². The average molecular weight is 372 g/mol. The molecule has 3 N–H and O–H groups in total. The molecule has 0 bridgehead atoms. The van der Waals surface area contributed by atoms with Crippen molar-refractivity contribution in [1.29, 1.82) is 0 Å². The summed E-state index contributed by atoms with van der Waals surface area (Å²) in [5.74, 6) is 1.52. The van der Waals surface area contributed by atoms with Crippen LogP contribution in [0.5, 0.6) is 11.5 Å². The number of aliphatic hydroxyl groups is 1. The van der Waals surface area contributed by atoms with Gasteiger partial charge in [-0.1, -0.05) is 43.3 Å². The topological polar surface area (TPSA) is 64.7 Å². The molecule has 0 saturated carbocycles. The van der Waals surface area contributed by atoms with E-state index in [1.807, 2.05) is 25.1 Å². The molecule has 0 unspecified atom stereocenters.